The van der Waals surface area contributed by atoms with E-state index in [1.54, 1.807) is 6.20 Å². The summed E-state index contributed by atoms with van der Waals surface area (Å²) in [4.78, 5) is 33.3. The summed E-state index contributed by atoms with van der Waals surface area (Å²) >= 11 is 1.47. The number of aromatic nitrogens is 1. The van der Waals surface area contributed by atoms with Crippen LogP contribution in [0.15, 0.2) is 53.7 Å². The number of rotatable bonds is 4. The molecule has 2 aromatic rings. The fourth-order valence-corrected chi connectivity index (χ4v) is 5.47. The lowest BCUT2D eigenvalue weighted by Crippen LogP contribution is -2.48. The summed E-state index contributed by atoms with van der Waals surface area (Å²) < 4.78 is 5.69. The van der Waals surface area contributed by atoms with Gasteiger partial charge in [0.25, 0.3) is 0 Å². The van der Waals surface area contributed by atoms with Crippen molar-refractivity contribution in [2.75, 3.05) is 18.8 Å². The molecule has 0 bridgehead atoms. The quantitative estimate of drug-likeness (QED) is 0.725. The molecule has 150 valence electrons. The fraction of sp³-hybridized carbons (Fsp3) is 0.409. The van der Waals surface area contributed by atoms with Crippen LogP contribution in [0.4, 0.5) is 4.79 Å². The van der Waals surface area contributed by atoms with Gasteiger partial charge < -0.3 is 9.64 Å². The van der Waals surface area contributed by atoms with Gasteiger partial charge in [-0.2, -0.15) is 0 Å². The van der Waals surface area contributed by atoms with Crippen molar-refractivity contribution >= 4 is 23.8 Å². The SMILES string of the molecule is O=C(CSc1ccccn1)N1CCC(N2C(=O)OC3Cc4ccccc4C32)CC1. The number of fused-ring (bicyclic) bond motifs is 3. The summed E-state index contributed by atoms with van der Waals surface area (Å²) in [6.45, 7) is 1.35. The Hall–Kier alpha value is -2.54. The molecule has 6 nitrogen and oxygen atoms in total. The van der Waals surface area contributed by atoms with E-state index in [0.717, 1.165) is 24.3 Å². The maximum Gasteiger partial charge on any atom is 0.411 e. The Balaban J connectivity index is 1.20. The van der Waals surface area contributed by atoms with Crippen LogP contribution in [0.5, 0.6) is 0 Å². The maximum absolute atomic E-state index is 12.6. The second kappa shape index (κ2) is 7.71. The Morgan fingerprint density at radius 1 is 1.14 bits per heavy atom. The number of ether oxygens (including phenoxy) is 1. The van der Waals surface area contributed by atoms with E-state index in [4.69, 9.17) is 4.74 Å². The highest BCUT2D eigenvalue weighted by Crippen LogP contribution is 2.44. The highest BCUT2D eigenvalue weighted by atomic mass is 32.2. The van der Waals surface area contributed by atoms with E-state index in [1.807, 2.05) is 40.1 Å². The zero-order chi connectivity index (χ0) is 19.8. The first-order valence-corrected chi connectivity index (χ1v) is 11.1. The van der Waals surface area contributed by atoms with E-state index in [9.17, 15) is 9.59 Å². The number of hydrogen-bond donors (Lipinski definition) is 0. The Kier molecular flexibility index (Phi) is 4.91. The minimum Gasteiger partial charge on any atom is -0.443 e. The minimum absolute atomic E-state index is 0.0191. The van der Waals surface area contributed by atoms with Gasteiger partial charge in [0.05, 0.1) is 16.8 Å². The average Bonchev–Trinajstić information content (AvgIpc) is 3.27. The van der Waals surface area contributed by atoms with E-state index < -0.39 is 0 Å². The molecule has 1 aromatic heterocycles. The Bertz CT molecular complexity index is 915. The molecular formula is C22H23N3O3S. The van der Waals surface area contributed by atoms with E-state index >= 15 is 0 Å². The van der Waals surface area contributed by atoms with E-state index in [2.05, 4.69) is 17.1 Å². The Morgan fingerprint density at radius 3 is 2.72 bits per heavy atom. The second-order valence-electron chi connectivity index (χ2n) is 7.75. The summed E-state index contributed by atoms with van der Waals surface area (Å²) in [5.41, 5.74) is 2.49. The maximum atomic E-state index is 12.6. The summed E-state index contributed by atoms with van der Waals surface area (Å²) in [7, 11) is 0. The first-order chi connectivity index (χ1) is 14.2. The molecule has 2 unspecified atom stereocenters. The molecule has 0 N–H and O–H groups in total. The first kappa shape index (κ1) is 18.5. The Labute approximate surface area is 174 Å². The number of carbonyl (C=O) groups is 2. The molecule has 1 aliphatic carbocycles. The highest BCUT2D eigenvalue weighted by Gasteiger charge is 2.50. The normalized spacial score (nSPS) is 23.7. The number of amides is 2. The van der Waals surface area contributed by atoms with Crippen LogP contribution in [-0.2, 0) is 16.0 Å². The van der Waals surface area contributed by atoms with Crippen molar-refractivity contribution in [3.63, 3.8) is 0 Å². The first-order valence-electron chi connectivity index (χ1n) is 10.1. The third-order valence-corrected chi connectivity index (χ3v) is 7.03. The van der Waals surface area contributed by atoms with Crippen LogP contribution in [-0.4, -0.2) is 57.8 Å². The van der Waals surface area contributed by atoms with E-state index in [-0.39, 0.29) is 30.2 Å². The molecule has 29 heavy (non-hydrogen) atoms. The van der Waals surface area contributed by atoms with Crippen molar-refractivity contribution in [1.29, 1.82) is 0 Å². The molecule has 2 saturated heterocycles. The van der Waals surface area contributed by atoms with Crippen molar-refractivity contribution in [1.82, 2.24) is 14.8 Å². The van der Waals surface area contributed by atoms with Gasteiger partial charge in [0.1, 0.15) is 6.10 Å². The van der Waals surface area contributed by atoms with Gasteiger partial charge in [0.15, 0.2) is 0 Å². The molecular weight excluding hydrogens is 386 g/mol. The van der Waals surface area contributed by atoms with Gasteiger partial charge in [0, 0.05) is 31.7 Å². The third kappa shape index (κ3) is 3.48. The van der Waals surface area contributed by atoms with Crippen molar-refractivity contribution in [2.45, 2.75) is 42.5 Å². The highest BCUT2D eigenvalue weighted by molar-refractivity contribution is 7.99. The molecule has 2 fully saturated rings. The summed E-state index contributed by atoms with van der Waals surface area (Å²) in [5.74, 6) is 0.526. The van der Waals surface area contributed by atoms with Crippen LogP contribution < -0.4 is 0 Å². The molecule has 2 atom stereocenters. The molecule has 0 radical (unpaired) electrons. The molecule has 7 heteroatoms. The number of thioether (sulfide) groups is 1. The monoisotopic (exact) mass is 409 g/mol. The lowest BCUT2D eigenvalue weighted by molar-refractivity contribution is -0.129. The van der Waals surface area contributed by atoms with Crippen molar-refractivity contribution in [3.8, 4) is 0 Å². The van der Waals surface area contributed by atoms with Crippen molar-refractivity contribution < 1.29 is 14.3 Å². The number of piperidine rings is 1. The Morgan fingerprint density at radius 2 is 1.93 bits per heavy atom. The van der Waals surface area contributed by atoms with Crippen LogP contribution >= 0.6 is 11.8 Å². The van der Waals surface area contributed by atoms with Gasteiger partial charge in [-0.3, -0.25) is 9.69 Å². The second-order valence-corrected chi connectivity index (χ2v) is 8.74. The predicted octanol–water partition coefficient (Wildman–Crippen LogP) is 3.28. The number of benzene rings is 1. The fourth-order valence-electron chi connectivity index (χ4n) is 4.71. The van der Waals surface area contributed by atoms with E-state index in [0.29, 0.717) is 18.8 Å². The van der Waals surface area contributed by atoms with Crippen molar-refractivity contribution in [3.05, 3.63) is 59.8 Å². The molecule has 1 aromatic carbocycles. The van der Waals surface area contributed by atoms with Crippen LogP contribution in [0.2, 0.25) is 0 Å². The molecule has 2 aliphatic heterocycles. The van der Waals surface area contributed by atoms with Gasteiger partial charge >= 0.3 is 6.09 Å². The summed E-state index contributed by atoms with van der Waals surface area (Å²) in [6, 6.07) is 14.2. The topological polar surface area (TPSA) is 62.7 Å². The predicted molar refractivity (Wildman–Crippen MR) is 110 cm³/mol. The number of carbonyl (C=O) groups excluding carboxylic acids is 2. The largest absolute Gasteiger partial charge is 0.443 e. The van der Waals surface area contributed by atoms with Crippen LogP contribution in [0, 0.1) is 0 Å². The third-order valence-electron chi connectivity index (χ3n) is 6.10. The molecule has 5 rings (SSSR count). The lowest BCUT2D eigenvalue weighted by Gasteiger charge is -2.37. The smallest absolute Gasteiger partial charge is 0.411 e. The van der Waals surface area contributed by atoms with Gasteiger partial charge in [0.2, 0.25) is 5.91 Å². The molecule has 2 amide bonds. The zero-order valence-corrected chi connectivity index (χ0v) is 16.9. The van der Waals surface area contributed by atoms with Crippen molar-refractivity contribution in [2.24, 2.45) is 0 Å². The van der Waals surface area contributed by atoms with Gasteiger partial charge in [-0.05, 0) is 36.1 Å². The minimum atomic E-state index is -0.204. The van der Waals surface area contributed by atoms with Gasteiger partial charge in [-0.1, -0.05) is 42.1 Å². The van der Waals surface area contributed by atoms with Gasteiger partial charge in [-0.25, -0.2) is 9.78 Å². The molecule has 3 aliphatic rings. The van der Waals surface area contributed by atoms with E-state index in [1.165, 1.54) is 22.9 Å². The van der Waals surface area contributed by atoms with Crippen LogP contribution in [0.1, 0.15) is 30.0 Å². The number of nitrogens with zero attached hydrogens (tertiary/aromatic N) is 3. The van der Waals surface area contributed by atoms with Crippen LogP contribution in [0.25, 0.3) is 0 Å². The number of likely N-dealkylation sites (tertiary alicyclic amines) is 1. The molecule has 3 heterocycles. The molecule has 0 saturated carbocycles. The lowest BCUT2D eigenvalue weighted by atomic mass is 9.99. The van der Waals surface area contributed by atoms with Crippen LogP contribution in [0.3, 0.4) is 0 Å². The molecule has 0 spiro atoms. The zero-order valence-electron chi connectivity index (χ0n) is 16.1. The van der Waals surface area contributed by atoms with Gasteiger partial charge in [-0.15, -0.1) is 0 Å². The standard InChI is InChI=1S/C22H23N3O3S/c26-20(14-29-19-7-3-4-10-23-19)24-11-8-16(9-12-24)25-21-17-6-2-1-5-15(17)13-18(21)28-22(25)27/h1-7,10,16,18,21H,8-9,11-14H2. The average molecular weight is 410 g/mol. The number of pyridine rings is 1. The summed E-state index contributed by atoms with van der Waals surface area (Å²) in [6.07, 6.45) is 3.84. The summed E-state index contributed by atoms with van der Waals surface area (Å²) in [5, 5.41) is 0.862. The number of hydrogen-bond acceptors (Lipinski definition) is 5.